The van der Waals surface area contributed by atoms with Gasteiger partial charge in [-0.15, -0.1) is 0 Å². The molecule has 0 radical (unpaired) electrons. The molecule has 2 aliphatic heterocycles. The lowest BCUT2D eigenvalue weighted by Crippen LogP contribution is -2.16. The first-order valence-corrected chi connectivity index (χ1v) is 10.5. The lowest BCUT2D eigenvalue weighted by atomic mass is 9.88. The molecule has 2 nitrogen and oxygen atoms in total. The minimum Gasteiger partial charge on any atom is -0.366 e. The molecule has 0 amide bonds. The molecular weight excluding hydrogens is 366 g/mol. The first-order valence-electron chi connectivity index (χ1n) is 10.5. The molecule has 148 valence electrons. The fourth-order valence-electron chi connectivity index (χ4n) is 4.68. The maximum atomic E-state index is 6.11. The van der Waals surface area contributed by atoms with E-state index in [2.05, 4.69) is 84.8 Å². The number of hydrogen-bond acceptors (Lipinski definition) is 2. The fraction of sp³-hybridized carbons (Fsp3) is 0.143. The summed E-state index contributed by atoms with van der Waals surface area (Å²) in [5.74, 6) is 0. The van der Waals surface area contributed by atoms with Gasteiger partial charge < -0.3 is 9.64 Å². The standard InChI is InChI=1S/C28H25NO/c1-3-23(20-15-16-24-25(19-20)28-18-17-27(24)30-28)26(4-2)29(21-11-7-5-8-12-21)22-13-9-6-10-14-22/h3-16,19,27-28H,1-2,17-18H2/b26-23-. The zero-order chi connectivity index (χ0) is 20.5. The van der Waals surface area contributed by atoms with Crippen LogP contribution in [-0.2, 0) is 4.74 Å². The van der Waals surface area contributed by atoms with Gasteiger partial charge in [-0.2, -0.15) is 0 Å². The van der Waals surface area contributed by atoms with E-state index >= 15 is 0 Å². The number of allylic oxidation sites excluding steroid dienone is 3. The molecule has 3 aromatic carbocycles. The predicted molar refractivity (Wildman–Crippen MR) is 125 cm³/mol. The summed E-state index contributed by atoms with van der Waals surface area (Å²) < 4.78 is 6.11. The van der Waals surface area contributed by atoms with Crippen LogP contribution in [0.4, 0.5) is 11.4 Å². The monoisotopic (exact) mass is 391 g/mol. The van der Waals surface area contributed by atoms with E-state index in [0.29, 0.717) is 0 Å². The molecule has 2 bridgehead atoms. The minimum atomic E-state index is 0.238. The third-order valence-electron chi connectivity index (χ3n) is 6.05. The summed E-state index contributed by atoms with van der Waals surface area (Å²) in [4.78, 5) is 2.24. The minimum absolute atomic E-state index is 0.238. The van der Waals surface area contributed by atoms with E-state index < -0.39 is 0 Å². The van der Waals surface area contributed by atoms with Crippen LogP contribution >= 0.6 is 0 Å². The molecule has 2 heterocycles. The Bertz CT molecular complexity index is 1070. The molecule has 0 N–H and O–H groups in total. The van der Waals surface area contributed by atoms with Crippen molar-refractivity contribution in [2.45, 2.75) is 25.0 Å². The van der Waals surface area contributed by atoms with Crippen LogP contribution in [0.25, 0.3) is 5.57 Å². The van der Waals surface area contributed by atoms with Crippen molar-refractivity contribution in [2.75, 3.05) is 4.90 Å². The highest BCUT2D eigenvalue weighted by atomic mass is 16.5. The van der Waals surface area contributed by atoms with Crippen molar-refractivity contribution in [2.24, 2.45) is 0 Å². The van der Waals surface area contributed by atoms with Crippen molar-refractivity contribution in [3.63, 3.8) is 0 Å². The van der Waals surface area contributed by atoms with Crippen LogP contribution in [0.2, 0.25) is 0 Å². The molecule has 1 fully saturated rings. The Hall–Kier alpha value is -3.36. The second-order valence-corrected chi connectivity index (χ2v) is 7.75. The van der Waals surface area contributed by atoms with Gasteiger partial charge in [-0.05, 0) is 65.9 Å². The third kappa shape index (κ3) is 3.10. The number of fused-ring (bicyclic) bond motifs is 5. The predicted octanol–water partition coefficient (Wildman–Crippen LogP) is 7.51. The van der Waals surface area contributed by atoms with Crippen LogP contribution in [0, 0.1) is 0 Å². The van der Waals surface area contributed by atoms with Crippen LogP contribution in [-0.4, -0.2) is 0 Å². The summed E-state index contributed by atoms with van der Waals surface area (Å²) in [5.41, 5.74) is 8.06. The van der Waals surface area contributed by atoms with Crippen molar-refractivity contribution in [3.05, 3.63) is 127 Å². The second-order valence-electron chi connectivity index (χ2n) is 7.75. The first-order chi connectivity index (χ1) is 14.8. The maximum absolute atomic E-state index is 6.11. The van der Waals surface area contributed by atoms with Crippen molar-refractivity contribution in [1.29, 1.82) is 0 Å². The quantitative estimate of drug-likeness (QED) is 0.403. The Morgan fingerprint density at radius 1 is 0.767 bits per heavy atom. The summed E-state index contributed by atoms with van der Waals surface area (Å²) >= 11 is 0. The maximum Gasteiger partial charge on any atom is 0.0838 e. The molecule has 2 aliphatic rings. The van der Waals surface area contributed by atoms with E-state index in [1.54, 1.807) is 0 Å². The number of para-hydroxylation sites is 2. The number of benzene rings is 3. The SMILES string of the molecule is C=C/C(=C(\C=C)N(c1ccccc1)c1ccccc1)c1ccc2c(c1)C1CCC2O1. The van der Waals surface area contributed by atoms with E-state index in [1.807, 2.05) is 24.3 Å². The molecule has 0 aromatic heterocycles. The highest BCUT2D eigenvalue weighted by Crippen LogP contribution is 2.51. The normalized spacial score (nSPS) is 19.7. The van der Waals surface area contributed by atoms with E-state index in [4.69, 9.17) is 4.74 Å². The van der Waals surface area contributed by atoms with Crippen molar-refractivity contribution in [3.8, 4) is 0 Å². The van der Waals surface area contributed by atoms with Gasteiger partial charge >= 0.3 is 0 Å². The van der Waals surface area contributed by atoms with Gasteiger partial charge in [-0.25, -0.2) is 0 Å². The van der Waals surface area contributed by atoms with Gasteiger partial charge in [-0.1, -0.05) is 67.8 Å². The molecular formula is C28H25NO. The molecule has 0 saturated carbocycles. The molecule has 2 heteroatoms. The van der Waals surface area contributed by atoms with Gasteiger partial charge in [0.15, 0.2) is 0 Å². The highest BCUT2D eigenvalue weighted by Gasteiger charge is 2.38. The van der Waals surface area contributed by atoms with Gasteiger partial charge in [0, 0.05) is 16.9 Å². The number of ether oxygens (including phenoxy) is 1. The van der Waals surface area contributed by atoms with Gasteiger partial charge in [-0.3, -0.25) is 0 Å². The summed E-state index contributed by atoms with van der Waals surface area (Å²) in [6.45, 7) is 8.32. The Morgan fingerprint density at radius 2 is 1.37 bits per heavy atom. The Morgan fingerprint density at radius 3 is 1.93 bits per heavy atom. The Balaban J connectivity index is 1.68. The number of rotatable bonds is 6. The smallest absolute Gasteiger partial charge is 0.0838 e. The molecule has 2 atom stereocenters. The lowest BCUT2D eigenvalue weighted by Gasteiger charge is -2.28. The zero-order valence-corrected chi connectivity index (χ0v) is 17.0. The number of hydrogen-bond donors (Lipinski definition) is 0. The molecule has 2 unspecified atom stereocenters. The summed E-state index contributed by atoms with van der Waals surface area (Å²) in [6, 6.07) is 27.5. The van der Waals surface area contributed by atoms with Crippen LogP contribution in [0.15, 0.2) is 110 Å². The highest BCUT2D eigenvalue weighted by molar-refractivity contribution is 5.85. The Kier molecular flexibility index (Phi) is 4.86. The number of anilines is 2. The van der Waals surface area contributed by atoms with Gasteiger partial charge in [0.25, 0.3) is 0 Å². The fourth-order valence-corrected chi connectivity index (χ4v) is 4.68. The van der Waals surface area contributed by atoms with Gasteiger partial charge in [0.2, 0.25) is 0 Å². The van der Waals surface area contributed by atoms with E-state index in [9.17, 15) is 0 Å². The van der Waals surface area contributed by atoms with E-state index in [1.165, 1.54) is 11.1 Å². The van der Waals surface area contributed by atoms with Crippen LogP contribution < -0.4 is 4.90 Å². The largest absolute Gasteiger partial charge is 0.366 e. The third-order valence-corrected chi connectivity index (χ3v) is 6.05. The van der Waals surface area contributed by atoms with Crippen LogP contribution in [0.3, 0.4) is 0 Å². The molecule has 0 spiro atoms. The molecule has 0 aliphatic carbocycles. The van der Waals surface area contributed by atoms with E-state index in [-0.39, 0.29) is 12.2 Å². The molecule has 30 heavy (non-hydrogen) atoms. The topological polar surface area (TPSA) is 12.5 Å². The summed E-state index contributed by atoms with van der Waals surface area (Å²) in [5, 5.41) is 0. The molecule has 1 saturated heterocycles. The average Bonchev–Trinajstić information content (AvgIpc) is 3.43. The molecule has 5 rings (SSSR count). The second kappa shape index (κ2) is 7.81. The van der Waals surface area contributed by atoms with Crippen molar-refractivity contribution >= 4 is 16.9 Å². The van der Waals surface area contributed by atoms with Gasteiger partial charge in [0.05, 0.1) is 17.9 Å². The van der Waals surface area contributed by atoms with Crippen molar-refractivity contribution < 1.29 is 4.74 Å². The zero-order valence-electron chi connectivity index (χ0n) is 17.0. The summed E-state index contributed by atoms with van der Waals surface area (Å²) in [7, 11) is 0. The van der Waals surface area contributed by atoms with Crippen LogP contribution in [0.1, 0.15) is 41.7 Å². The Labute approximate surface area is 178 Å². The van der Waals surface area contributed by atoms with Gasteiger partial charge in [0.1, 0.15) is 0 Å². The number of nitrogens with zero attached hydrogens (tertiary/aromatic N) is 1. The first kappa shape index (κ1) is 18.7. The van der Waals surface area contributed by atoms with Crippen LogP contribution in [0.5, 0.6) is 0 Å². The van der Waals surface area contributed by atoms with Crippen molar-refractivity contribution in [1.82, 2.24) is 0 Å². The molecule has 3 aromatic rings. The van der Waals surface area contributed by atoms with E-state index in [0.717, 1.165) is 41.1 Å². The average molecular weight is 392 g/mol. The summed E-state index contributed by atoms with van der Waals surface area (Å²) in [6.07, 6.45) is 6.62. The lowest BCUT2D eigenvalue weighted by molar-refractivity contribution is 0.0716.